The van der Waals surface area contributed by atoms with Crippen LogP contribution < -0.4 is 15.5 Å². The Kier molecular flexibility index (Phi) is 4.57. The van der Waals surface area contributed by atoms with Crippen LogP contribution in [-0.2, 0) is 12.7 Å². The Morgan fingerprint density at radius 3 is 2.29 bits per heavy atom. The van der Waals surface area contributed by atoms with E-state index in [9.17, 15) is 13.2 Å². The van der Waals surface area contributed by atoms with Gasteiger partial charge in [0.05, 0.1) is 0 Å². The lowest BCUT2D eigenvalue weighted by Gasteiger charge is -2.37. The van der Waals surface area contributed by atoms with E-state index in [1.54, 1.807) is 6.20 Å². The number of hydrogen-bond acceptors (Lipinski definition) is 5. The van der Waals surface area contributed by atoms with E-state index in [1.807, 2.05) is 23.1 Å². The Bertz CT molecular complexity index is 682. The second-order valence-corrected chi connectivity index (χ2v) is 5.54. The van der Waals surface area contributed by atoms with Crippen molar-refractivity contribution in [2.45, 2.75) is 12.7 Å². The highest BCUT2D eigenvalue weighted by atomic mass is 19.4. The van der Waals surface area contributed by atoms with Crippen molar-refractivity contribution in [3.8, 4) is 0 Å². The van der Waals surface area contributed by atoms with E-state index < -0.39 is 11.9 Å². The lowest BCUT2D eigenvalue weighted by molar-refractivity contribution is -0.141. The minimum absolute atomic E-state index is 0.154. The lowest BCUT2D eigenvalue weighted by Crippen LogP contribution is -2.47. The summed E-state index contributed by atoms with van der Waals surface area (Å²) in [5, 5.41) is 0. The minimum Gasteiger partial charge on any atom is -0.353 e. The highest BCUT2D eigenvalue weighted by Gasteiger charge is 2.34. The number of piperazine rings is 1. The standard InChI is InChI=1S/C16H18F3N5/c17-16(18,19)13-5-4-12(11-20)15(22-13)24-9-7-23(8-10-24)14-3-1-2-6-21-14/h1-6H,7-11,20H2. The van der Waals surface area contributed by atoms with E-state index >= 15 is 0 Å². The largest absolute Gasteiger partial charge is 0.433 e. The van der Waals surface area contributed by atoms with Gasteiger partial charge in [-0.15, -0.1) is 0 Å². The molecule has 2 aromatic heterocycles. The predicted molar refractivity (Wildman–Crippen MR) is 85.8 cm³/mol. The number of hydrogen-bond donors (Lipinski definition) is 1. The molecule has 1 fully saturated rings. The Morgan fingerprint density at radius 1 is 1.00 bits per heavy atom. The molecule has 2 aromatic rings. The van der Waals surface area contributed by atoms with E-state index in [1.165, 1.54) is 6.07 Å². The SMILES string of the molecule is NCc1ccc(C(F)(F)F)nc1N1CCN(c2ccccn2)CC1. The molecular weight excluding hydrogens is 319 g/mol. The Labute approximate surface area is 137 Å². The topological polar surface area (TPSA) is 58.3 Å². The summed E-state index contributed by atoms with van der Waals surface area (Å²) in [6.45, 7) is 2.62. The van der Waals surface area contributed by atoms with Crippen LogP contribution in [0.5, 0.6) is 0 Å². The van der Waals surface area contributed by atoms with Crippen molar-refractivity contribution in [3.05, 3.63) is 47.8 Å². The molecule has 128 valence electrons. The van der Waals surface area contributed by atoms with Crippen LogP contribution in [-0.4, -0.2) is 36.1 Å². The molecule has 0 spiro atoms. The van der Waals surface area contributed by atoms with Crippen molar-refractivity contribution in [2.24, 2.45) is 5.73 Å². The van der Waals surface area contributed by atoms with Gasteiger partial charge in [-0.2, -0.15) is 13.2 Å². The molecule has 0 aromatic carbocycles. The molecule has 5 nitrogen and oxygen atoms in total. The zero-order valence-corrected chi connectivity index (χ0v) is 13.0. The summed E-state index contributed by atoms with van der Waals surface area (Å²) in [5.41, 5.74) is 5.40. The van der Waals surface area contributed by atoms with Gasteiger partial charge < -0.3 is 15.5 Å². The maximum Gasteiger partial charge on any atom is 0.433 e. The molecular formula is C16H18F3N5. The summed E-state index contributed by atoms with van der Waals surface area (Å²) in [5.74, 6) is 1.20. The molecule has 3 rings (SSSR count). The first-order valence-electron chi connectivity index (χ1n) is 7.67. The molecule has 0 saturated carbocycles. The third-order valence-electron chi connectivity index (χ3n) is 4.02. The van der Waals surface area contributed by atoms with E-state index in [-0.39, 0.29) is 6.54 Å². The summed E-state index contributed by atoms with van der Waals surface area (Å²) < 4.78 is 38.8. The third-order valence-corrected chi connectivity index (χ3v) is 4.02. The number of halogens is 3. The number of nitrogens with zero attached hydrogens (tertiary/aromatic N) is 4. The van der Waals surface area contributed by atoms with Crippen molar-refractivity contribution >= 4 is 11.6 Å². The maximum absolute atomic E-state index is 12.9. The molecule has 3 heterocycles. The summed E-state index contributed by atoms with van der Waals surface area (Å²) in [6.07, 6.45) is -2.74. The number of nitrogens with two attached hydrogens (primary N) is 1. The molecule has 0 bridgehead atoms. The summed E-state index contributed by atoms with van der Waals surface area (Å²) in [4.78, 5) is 12.1. The quantitative estimate of drug-likeness (QED) is 0.931. The number of aromatic nitrogens is 2. The summed E-state index contributed by atoms with van der Waals surface area (Å²) in [7, 11) is 0. The van der Waals surface area contributed by atoms with Crippen molar-refractivity contribution < 1.29 is 13.2 Å². The molecule has 24 heavy (non-hydrogen) atoms. The molecule has 0 radical (unpaired) electrons. The van der Waals surface area contributed by atoms with Gasteiger partial charge in [0.1, 0.15) is 17.3 Å². The molecule has 1 saturated heterocycles. The summed E-state index contributed by atoms with van der Waals surface area (Å²) >= 11 is 0. The second-order valence-electron chi connectivity index (χ2n) is 5.54. The number of pyridine rings is 2. The highest BCUT2D eigenvalue weighted by molar-refractivity contribution is 5.50. The first kappa shape index (κ1) is 16.5. The molecule has 2 N–H and O–H groups in total. The predicted octanol–water partition coefficient (Wildman–Crippen LogP) is 2.28. The molecule has 8 heteroatoms. The van der Waals surface area contributed by atoms with Gasteiger partial charge in [0.15, 0.2) is 0 Å². The Hall–Kier alpha value is -2.35. The lowest BCUT2D eigenvalue weighted by atomic mass is 10.2. The first-order chi connectivity index (χ1) is 11.5. The molecule has 1 aliphatic rings. The van der Waals surface area contributed by atoms with Crippen LogP contribution in [0.4, 0.5) is 24.8 Å². The van der Waals surface area contributed by atoms with Crippen molar-refractivity contribution in [2.75, 3.05) is 36.0 Å². The third kappa shape index (κ3) is 3.43. The Morgan fingerprint density at radius 2 is 1.71 bits per heavy atom. The first-order valence-corrected chi connectivity index (χ1v) is 7.67. The fourth-order valence-electron chi connectivity index (χ4n) is 2.76. The smallest absolute Gasteiger partial charge is 0.353 e. The second kappa shape index (κ2) is 6.64. The number of anilines is 2. The molecule has 0 atom stereocenters. The van der Waals surface area contributed by atoms with Gasteiger partial charge in [-0.3, -0.25) is 0 Å². The van der Waals surface area contributed by atoms with Gasteiger partial charge in [0.2, 0.25) is 0 Å². The van der Waals surface area contributed by atoms with Gasteiger partial charge in [-0.1, -0.05) is 12.1 Å². The Balaban J connectivity index is 1.78. The maximum atomic E-state index is 12.9. The summed E-state index contributed by atoms with van der Waals surface area (Å²) in [6, 6.07) is 8.07. The molecule has 0 aliphatic carbocycles. The van der Waals surface area contributed by atoms with Gasteiger partial charge in [-0.25, -0.2) is 9.97 Å². The van der Waals surface area contributed by atoms with Gasteiger partial charge >= 0.3 is 6.18 Å². The van der Waals surface area contributed by atoms with Crippen LogP contribution in [0.25, 0.3) is 0 Å². The number of alkyl halides is 3. The van der Waals surface area contributed by atoms with Crippen LogP contribution in [0.3, 0.4) is 0 Å². The van der Waals surface area contributed by atoms with Gasteiger partial charge in [0, 0.05) is 44.5 Å². The van der Waals surface area contributed by atoms with E-state index in [0.717, 1.165) is 11.9 Å². The van der Waals surface area contributed by atoms with Crippen LogP contribution in [0, 0.1) is 0 Å². The van der Waals surface area contributed by atoms with Gasteiger partial charge in [-0.05, 0) is 18.2 Å². The van der Waals surface area contributed by atoms with E-state index in [4.69, 9.17) is 5.73 Å². The fraction of sp³-hybridized carbons (Fsp3) is 0.375. The molecule has 0 amide bonds. The van der Waals surface area contributed by atoms with Crippen LogP contribution >= 0.6 is 0 Å². The van der Waals surface area contributed by atoms with Gasteiger partial charge in [0.25, 0.3) is 0 Å². The minimum atomic E-state index is -4.46. The average molecular weight is 337 g/mol. The van der Waals surface area contributed by atoms with Crippen molar-refractivity contribution in [3.63, 3.8) is 0 Å². The van der Waals surface area contributed by atoms with Crippen LogP contribution in [0.1, 0.15) is 11.3 Å². The average Bonchev–Trinajstić information content (AvgIpc) is 2.61. The fourth-order valence-corrected chi connectivity index (χ4v) is 2.76. The normalized spacial score (nSPS) is 15.7. The zero-order valence-electron chi connectivity index (χ0n) is 13.0. The van der Waals surface area contributed by atoms with Crippen molar-refractivity contribution in [1.29, 1.82) is 0 Å². The van der Waals surface area contributed by atoms with Crippen molar-refractivity contribution in [1.82, 2.24) is 9.97 Å². The molecule has 1 aliphatic heterocycles. The van der Waals surface area contributed by atoms with Crippen LogP contribution in [0.15, 0.2) is 36.5 Å². The monoisotopic (exact) mass is 337 g/mol. The highest BCUT2D eigenvalue weighted by Crippen LogP contribution is 2.31. The zero-order chi connectivity index (χ0) is 17.2. The number of rotatable bonds is 3. The van der Waals surface area contributed by atoms with E-state index in [2.05, 4.69) is 14.9 Å². The van der Waals surface area contributed by atoms with E-state index in [0.29, 0.717) is 37.6 Å². The van der Waals surface area contributed by atoms with Crippen LogP contribution in [0.2, 0.25) is 0 Å². The molecule has 0 unspecified atom stereocenters.